The molecule has 0 atom stereocenters. The number of halogens is 2. The lowest BCUT2D eigenvalue weighted by molar-refractivity contribution is 0.0944. The molecule has 0 aliphatic carbocycles. The second kappa shape index (κ2) is 11.0. The van der Waals surface area contributed by atoms with Crippen LogP contribution in [0.3, 0.4) is 0 Å². The number of amides is 2. The lowest BCUT2D eigenvalue weighted by Gasteiger charge is -2.11. The normalized spacial score (nSPS) is 10.7. The van der Waals surface area contributed by atoms with Crippen LogP contribution in [0.1, 0.15) is 26.4 Å². The van der Waals surface area contributed by atoms with Crippen LogP contribution in [0.25, 0.3) is 16.9 Å². The first-order valence-electron chi connectivity index (χ1n) is 11.4. The molecule has 11 heteroatoms. The Hall–Kier alpha value is -4.96. The van der Waals surface area contributed by atoms with Crippen molar-refractivity contribution in [2.75, 3.05) is 5.32 Å². The summed E-state index contributed by atoms with van der Waals surface area (Å²) in [6, 6.07) is 17.8. The molecule has 0 radical (unpaired) electrons. The lowest BCUT2D eigenvalue weighted by atomic mass is 10.1. The van der Waals surface area contributed by atoms with Crippen LogP contribution in [0, 0.1) is 5.82 Å². The molecule has 0 fully saturated rings. The summed E-state index contributed by atoms with van der Waals surface area (Å²) in [6.07, 6.45) is 6.05. The molecule has 0 aliphatic heterocycles. The standard InChI is InChI=1S/C27H19ClFN7O2/c28-21-9-8-18(25-22(29)7-4-10-32-25)11-20(21)26(37)34-24-12-23(35-36(24)19-5-2-1-3-6-19)27(38)33-15-17-13-30-16-31-14-17/h1-14,16H,15H2,(H,33,38)(H,34,37). The maximum absolute atomic E-state index is 14.3. The van der Waals surface area contributed by atoms with Crippen molar-refractivity contribution in [3.8, 4) is 16.9 Å². The number of para-hydroxylation sites is 1. The van der Waals surface area contributed by atoms with Gasteiger partial charge in [0.2, 0.25) is 0 Å². The van der Waals surface area contributed by atoms with E-state index in [2.05, 4.69) is 30.7 Å². The number of anilines is 1. The van der Waals surface area contributed by atoms with Crippen molar-refractivity contribution in [3.63, 3.8) is 0 Å². The van der Waals surface area contributed by atoms with Crippen LogP contribution >= 0.6 is 11.6 Å². The van der Waals surface area contributed by atoms with Gasteiger partial charge in [0.25, 0.3) is 11.8 Å². The Bertz CT molecular complexity index is 1610. The van der Waals surface area contributed by atoms with E-state index in [0.717, 1.165) is 5.56 Å². The Morgan fingerprint density at radius 2 is 1.74 bits per heavy atom. The zero-order chi connectivity index (χ0) is 26.5. The third-order valence-corrected chi connectivity index (χ3v) is 5.82. The zero-order valence-corrected chi connectivity index (χ0v) is 20.4. The summed E-state index contributed by atoms with van der Waals surface area (Å²) in [4.78, 5) is 38.1. The maximum Gasteiger partial charge on any atom is 0.272 e. The van der Waals surface area contributed by atoms with E-state index < -0.39 is 17.6 Å². The molecule has 0 saturated heterocycles. The molecule has 5 rings (SSSR count). The van der Waals surface area contributed by atoms with E-state index in [-0.39, 0.29) is 34.3 Å². The highest BCUT2D eigenvalue weighted by Crippen LogP contribution is 2.27. The molecule has 0 aliphatic rings. The highest BCUT2D eigenvalue weighted by Gasteiger charge is 2.20. The molecule has 38 heavy (non-hydrogen) atoms. The van der Waals surface area contributed by atoms with Crippen LogP contribution in [-0.2, 0) is 6.54 Å². The van der Waals surface area contributed by atoms with Gasteiger partial charge in [0.1, 0.15) is 23.7 Å². The van der Waals surface area contributed by atoms with Crippen molar-refractivity contribution >= 4 is 29.2 Å². The topological polar surface area (TPSA) is 115 Å². The van der Waals surface area contributed by atoms with Gasteiger partial charge >= 0.3 is 0 Å². The molecule has 0 bridgehead atoms. The van der Waals surface area contributed by atoms with E-state index in [1.165, 1.54) is 47.5 Å². The first-order valence-corrected chi connectivity index (χ1v) is 11.8. The van der Waals surface area contributed by atoms with E-state index >= 15 is 0 Å². The summed E-state index contributed by atoms with van der Waals surface area (Å²) in [5.74, 6) is -1.32. The third-order valence-electron chi connectivity index (χ3n) is 5.49. The number of carbonyl (C=O) groups is 2. The molecule has 3 heterocycles. The smallest absolute Gasteiger partial charge is 0.272 e. The fourth-order valence-corrected chi connectivity index (χ4v) is 3.87. The molecule has 0 spiro atoms. The number of pyridine rings is 1. The summed E-state index contributed by atoms with van der Waals surface area (Å²) in [5, 5.41) is 10.1. The van der Waals surface area contributed by atoms with Crippen molar-refractivity contribution in [1.29, 1.82) is 0 Å². The number of nitrogens with zero attached hydrogens (tertiary/aromatic N) is 5. The number of aromatic nitrogens is 5. The van der Waals surface area contributed by atoms with Crippen LogP contribution in [-0.4, -0.2) is 36.5 Å². The summed E-state index contributed by atoms with van der Waals surface area (Å²) in [7, 11) is 0. The maximum atomic E-state index is 14.3. The van der Waals surface area contributed by atoms with Crippen LogP contribution < -0.4 is 10.6 Å². The van der Waals surface area contributed by atoms with E-state index in [9.17, 15) is 14.0 Å². The summed E-state index contributed by atoms with van der Waals surface area (Å²) >= 11 is 6.32. The summed E-state index contributed by atoms with van der Waals surface area (Å²) in [6.45, 7) is 0.200. The molecule has 2 N–H and O–H groups in total. The number of benzene rings is 2. The number of carbonyl (C=O) groups excluding carboxylic acids is 2. The average Bonchev–Trinajstić information content (AvgIpc) is 3.37. The van der Waals surface area contributed by atoms with Crippen LogP contribution in [0.5, 0.6) is 0 Å². The number of rotatable bonds is 7. The van der Waals surface area contributed by atoms with Crippen LogP contribution in [0.4, 0.5) is 10.2 Å². The van der Waals surface area contributed by atoms with Gasteiger partial charge in [-0.3, -0.25) is 14.6 Å². The third kappa shape index (κ3) is 5.40. The molecule has 2 amide bonds. The fraction of sp³-hybridized carbons (Fsp3) is 0.0370. The lowest BCUT2D eigenvalue weighted by Crippen LogP contribution is -2.23. The first-order chi connectivity index (χ1) is 18.5. The Morgan fingerprint density at radius 1 is 0.947 bits per heavy atom. The van der Waals surface area contributed by atoms with E-state index in [0.29, 0.717) is 11.3 Å². The Morgan fingerprint density at radius 3 is 2.50 bits per heavy atom. The zero-order valence-electron chi connectivity index (χ0n) is 19.7. The van der Waals surface area contributed by atoms with Crippen LogP contribution in [0.2, 0.25) is 5.02 Å². The van der Waals surface area contributed by atoms with Gasteiger partial charge < -0.3 is 10.6 Å². The number of hydrogen-bond acceptors (Lipinski definition) is 6. The van der Waals surface area contributed by atoms with Crippen molar-refractivity contribution in [2.45, 2.75) is 6.54 Å². The van der Waals surface area contributed by atoms with Gasteiger partial charge in [0.15, 0.2) is 5.69 Å². The van der Waals surface area contributed by atoms with Gasteiger partial charge in [-0.25, -0.2) is 19.0 Å². The van der Waals surface area contributed by atoms with E-state index in [1.54, 1.807) is 42.7 Å². The van der Waals surface area contributed by atoms with Crippen LogP contribution in [0.15, 0.2) is 91.6 Å². The fourth-order valence-electron chi connectivity index (χ4n) is 3.67. The molecule has 0 saturated carbocycles. The van der Waals surface area contributed by atoms with Gasteiger partial charge in [-0.05, 0) is 36.4 Å². The second-order valence-electron chi connectivity index (χ2n) is 8.07. The second-order valence-corrected chi connectivity index (χ2v) is 8.48. The van der Waals surface area contributed by atoms with Crippen molar-refractivity contribution in [1.82, 2.24) is 30.0 Å². The van der Waals surface area contributed by atoms with Crippen molar-refractivity contribution < 1.29 is 14.0 Å². The monoisotopic (exact) mass is 527 g/mol. The number of nitrogens with one attached hydrogen (secondary N) is 2. The van der Waals surface area contributed by atoms with E-state index in [4.69, 9.17) is 11.6 Å². The molecular formula is C27H19ClFN7O2. The van der Waals surface area contributed by atoms with Gasteiger partial charge in [0, 0.05) is 42.3 Å². The first kappa shape index (κ1) is 24.7. The molecule has 5 aromatic rings. The van der Waals surface area contributed by atoms with Crippen molar-refractivity contribution in [2.24, 2.45) is 0 Å². The average molecular weight is 528 g/mol. The van der Waals surface area contributed by atoms with Gasteiger partial charge in [0.05, 0.1) is 16.3 Å². The van der Waals surface area contributed by atoms with Crippen molar-refractivity contribution in [3.05, 3.63) is 119 Å². The quantitative estimate of drug-likeness (QED) is 0.317. The predicted octanol–water partition coefficient (Wildman–Crippen LogP) is 4.70. The molecule has 3 aromatic heterocycles. The predicted molar refractivity (Wildman–Crippen MR) is 139 cm³/mol. The SMILES string of the molecule is O=C(NCc1cncnc1)c1cc(NC(=O)c2cc(-c3ncccc3F)ccc2Cl)n(-c2ccccc2)n1. The number of hydrogen-bond donors (Lipinski definition) is 2. The van der Waals surface area contributed by atoms with Gasteiger partial charge in [-0.1, -0.05) is 35.9 Å². The summed E-state index contributed by atoms with van der Waals surface area (Å²) < 4.78 is 15.7. The minimum absolute atomic E-state index is 0.0800. The largest absolute Gasteiger partial charge is 0.346 e. The van der Waals surface area contributed by atoms with E-state index in [1.807, 2.05) is 6.07 Å². The minimum Gasteiger partial charge on any atom is -0.346 e. The van der Waals surface area contributed by atoms with Gasteiger partial charge in [-0.15, -0.1) is 0 Å². The molecule has 9 nitrogen and oxygen atoms in total. The Kier molecular flexibility index (Phi) is 7.14. The highest BCUT2D eigenvalue weighted by atomic mass is 35.5. The minimum atomic E-state index is -0.571. The summed E-state index contributed by atoms with van der Waals surface area (Å²) in [5.41, 5.74) is 2.00. The molecule has 2 aromatic carbocycles. The molecule has 188 valence electrons. The van der Waals surface area contributed by atoms with Gasteiger partial charge in [-0.2, -0.15) is 5.10 Å². The molecular weight excluding hydrogens is 509 g/mol. The molecule has 0 unspecified atom stereocenters. The Labute approximate surface area is 221 Å². The Balaban J connectivity index is 1.44. The highest BCUT2D eigenvalue weighted by molar-refractivity contribution is 6.34.